The first kappa shape index (κ1) is 13.5. The molecule has 0 aromatic heterocycles. The minimum atomic E-state index is -5.21. The third-order valence-electron chi connectivity index (χ3n) is 1.01. The van der Waals surface area contributed by atoms with Crippen molar-refractivity contribution in [1.82, 2.24) is 0 Å². The Bertz CT molecular complexity index is 185. The highest BCUT2D eigenvalue weighted by Gasteiger charge is 2.49. The molecule has 1 atom stereocenters. The number of hydrogen-bond acceptors (Lipinski definition) is 1. The molecule has 0 aromatic rings. The van der Waals surface area contributed by atoms with Crippen molar-refractivity contribution in [1.29, 1.82) is 0 Å². The van der Waals surface area contributed by atoms with Crippen molar-refractivity contribution in [2.24, 2.45) is 0 Å². The molecule has 14 heavy (non-hydrogen) atoms. The number of ether oxygens (including phenoxy) is 1. The molecule has 0 saturated heterocycles. The third-order valence-corrected chi connectivity index (χ3v) is 1.01. The van der Waals surface area contributed by atoms with Gasteiger partial charge in [-0.3, -0.25) is 4.74 Å². The van der Waals surface area contributed by atoms with E-state index in [0.717, 1.165) is 0 Å². The average molecular weight is 228 g/mol. The maximum Gasteiger partial charge on any atom is 0.397 e. The molecule has 0 aromatic carbocycles. The molecule has 0 N–H and O–H groups in total. The summed E-state index contributed by atoms with van der Waals surface area (Å²) in [4.78, 5) is 0. The summed E-state index contributed by atoms with van der Waals surface area (Å²) >= 11 is 0. The summed E-state index contributed by atoms with van der Waals surface area (Å²) in [7, 11) is 0. The van der Waals surface area contributed by atoms with Crippen molar-refractivity contribution in [2.45, 2.75) is 31.5 Å². The second-order valence-electron chi connectivity index (χ2n) is 2.77. The smallest absolute Gasteiger partial charge is 0.280 e. The Labute approximate surface area is 74.8 Å². The van der Waals surface area contributed by atoms with Gasteiger partial charge in [0.1, 0.15) is 13.1 Å². The predicted octanol–water partition coefficient (Wildman–Crippen LogP) is 3.20. The maximum absolute atomic E-state index is 12.4. The van der Waals surface area contributed by atoms with Gasteiger partial charge in [0.15, 0.2) is 0 Å². The molecule has 1 unspecified atom stereocenters. The van der Waals surface area contributed by atoms with Crippen molar-refractivity contribution in [3.63, 3.8) is 0 Å². The molecule has 0 spiro atoms. The summed E-state index contributed by atoms with van der Waals surface area (Å²) in [6.07, 6.45) is -12.6. The molecule has 0 aliphatic heterocycles. The van der Waals surface area contributed by atoms with Gasteiger partial charge < -0.3 is 0 Å². The fourth-order valence-electron chi connectivity index (χ4n) is 0.608. The van der Waals surface area contributed by atoms with Gasteiger partial charge in [-0.15, -0.1) is 0 Å². The normalized spacial score (nSPS) is 18.0. The quantitative estimate of drug-likeness (QED) is 0.671. The average Bonchev–Trinajstić information content (AvgIpc) is 1.78. The lowest BCUT2D eigenvalue weighted by Crippen LogP contribution is -2.38. The largest absolute Gasteiger partial charge is 0.397 e. The fourth-order valence-corrected chi connectivity index (χ4v) is 0.608. The first-order valence-corrected chi connectivity index (χ1v) is 3.37. The van der Waals surface area contributed by atoms with Crippen molar-refractivity contribution in [3.8, 4) is 0 Å². The Morgan fingerprint density at radius 2 is 1.43 bits per heavy atom. The van der Waals surface area contributed by atoms with Crippen LogP contribution < -0.4 is 0 Å². The summed E-state index contributed by atoms with van der Waals surface area (Å²) in [6, 6.07) is 0. The standard InChI is InChI=1S/C6H7F7O/c1-4(8,3-7)14-6(12,13)2-5(9,10)11/h2-3H2,1H3. The summed E-state index contributed by atoms with van der Waals surface area (Å²) in [5, 5.41) is 0. The van der Waals surface area contributed by atoms with E-state index in [-0.39, 0.29) is 6.92 Å². The first-order chi connectivity index (χ1) is 5.97. The molecule has 86 valence electrons. The molecule has 0 aliphatic rings. The molecule has 0 saturated carbocycles. The molecule has 0 fully saturated rings. The maximum atomic E-state index is 12.4. The Hall–Kier alpha value is -0.530. The molecule has 0 heterocycles. The zero-order valence-corrected chi connectivity index (χ0v) is 6.97. The van der Waals surface area contributed by atoms with Crippen LogP contribution in [0, 0.1) is 0 Å². The lowest BCUT2D eigenvalue weighted by Gasteiger charge is -2.25. The van der Waals surface area contributed by atoms with Crippen molar-refractivity contribution < 1.29 is 35.5 Å². The monoisotopic (exact) mass is 228 g/mol. The minimum absolute atomic E-state index is 0.275. The van der Waals surface area contributed by atoms with Crippen LogP contribution in [0.2, 0.25) is 0 Å². The van der Waals surface area contributed by atoms with E-state index in [1.54, 1.807) is 0 Å². The van der Waals surface area contributed by atoms with E-state index in [1.165, 1.54) is 0 Å². The van der Waals surface area contributed by atoms with Crippen molar-refractivity contribution in [2.75, 3.05) is 6.67 Å². The summed E-state index contributed by atoms with van der Waals surface area (Å²) < 4.78 is 86.0. The molecule has 0 bridgehead atoms. The van der Waals surface area contributed by atoms with E-state index in [2.05, 4.69) is 4.74 Å². The van der Waals surface area contributed by atoms with E-state index >= 15 is 0 Å². The van der Waals surface area contributed by atoms with Gasteiger partial charge in [0.2, 0.25) is 5.85 Å². The summed E-state index contributed by atoms with van der Waals surface area (Å²) in [5.74, 6) is -3.42. The Kier molecular flexibility index (Phi) is 3.77. The van der Waals surface area contributed by atoms with E-state index in [0.29, 0.717) is 0 Å². The van der Waals surface area contributed by atoms with Gasteiger partial charge in [-0.05, 0) is 6.92 Å². The number of halogens is 7. The Morgan fingerprint density at radius 1 is 1.00 bits per heavy atom. The van der Waals surface area contributed by atoms with Crippen LogP contribution in [0.15, 0.2) is 0 Å². The van der Waals surface area contributed by atoms with Gasteiger partial charge in [0, 0.05) is 0 Å². The summed E-state index contributed by atoms with van der Waals surface area (Å²) in [6.45, 7) is -1.68. The van der Waals surface area contributed by atoms with Crippen LogP contribution in [0.5, 0.6) is 0 Å². The first-order valence-electron chi connectivity index (χ1n) is 3.37. The second kappa shape index (κ2) is 3.92. The van der Waals surface area contributed by atoms with Crippen LogP contribution in [0.4, 0.5) is 30.7 Å². The number of hydrogen-bond donors (Lipinski definition) is 0. The molecule has 1 nitrogen and oxygen atoms in total. The molecule has 0 amide bonds. The highest BCUT2D eigenvalue weighted by atomic mass is 19.4. The van der Waals surface area contributed by atoms with Crippen LogP contribution >= 0.6 is 0 Å². The SMILES string of the molecule is CC(F)(CF)OC(F)(F)CC(F)(F)F. The van der Waals surface area contributed by atoms with Gasteiger partial charge in [0.05, 0.1) is 0 Å². The number of rotatable bonds is 4. The van der Waals surface area contributed by atoms with Crippen LogP contribution in [0.3, 0.4) is 0 Å². The predicted molar refractivity (Wildman–Crippen MR) is 32.2 cm³/mol. The molecule has 0 radical (unpaired) electrons. The van der Waals surface area contributed by atoms with Crippen LogP contribution in [0.25, 0.3) is 0 Å². The lowest BCUT2D eigenvalue weighted by molar-refractivity contribution is -0.355. The van der Waals surface area contributed by atoms with Crippen molar-refractivity contribution in [3.05, 3.63) is 0 Å². The number of alkyl halides is 7. The fraction of sp³-hybridized carbons (Fsp3) is 1.00. The van der Waals surface area contributed by atoms with Crippen LogP contribution in [-0.2, 0) is 4.74 Å². The van der Waals surface area contributed by atoms with Gasteiger partial charge in [-0.1, -0.05) is 0 Å². The second-order valence-corrected chi connectivity index (χ2v) is 2.77. The Balaban J connectivity index is 4.35. The highest BCUT2D eigenvalue weighted by molar-refractivity contribution is 4.67. The zero-order chi connectivity index (χ0) is 11.6. The summed E-state index contributed by atoms with van der Waals surface area (Å²) in [5.41, 5.74) is 0. The molecule has 8 heteroatoms. The topological polar surface area (TPSA) is 9.23 Å². The van der Waals surface area contributed by atoms with Crippen molar-refractivity contribution >= 4 is 0 Å². The van der Waals surface area contributed by atoms with Crippen LogP contribution in [0.1, 0.15) is 13.3 Å². The van der Waals surface area contributed by atoms with E-state index < -0.39 is 31.2 Å². The highest BCUT2D eigenvalue weighted by Crippen LogP contribution is 2.35. The third kappa shape index (κ3) is 6.01. The Morgan fingerprint density at radius 3 is 1.71 bits per heavy atom. The van der Waals surface area contributed by atoms with Gasteiger partial charge >= 0.3 is 12.3 Å². The van der Waals surface area contributed by atoms with Gasteiger partial charge in [-0.2, -0.15) is 22.0 Å². The van der Waals surface area contributed by atoms with Crippen LogP contribution in [-0.4, -0.2) is 24.8 Å². The minimum Gasteiger partial charge on any atom is -0.280 e. The molecule has 0 aliphatic carbocycles. The lowest BCUT2D eigenvalue weighted by atomic mass is 10.3. The van der Waals surface area contributed by atoms with Gasteiger partial charge in [-0.25, -0.2) is 8.78 Å². The van der Waals surface area contributed by atoms with Gasteiger partial charge in [0.25, 0.3) is 0 Å². The van der Waals surface area contributed by atoms with E-state index in [1.807, 2.05) is 0 Å². The zero-order valence-electron chi connectivity index (χ0n) is 6.97. The van der Waals surface area contributed by atoms with E-state index in [9.17, 15) is 30.7 Å². The molecule has 0 rings (SSSR count). The van der Waals surface area contributed by atoms with E-state index in [4.69, 9.17) is 0 Å². The molecular formula is C6H7F7O. The molecular weight excluding hydrogens is 221 g/mol.